The molecule has 4 aliphatic rings. The van der Waals surface area contributed by atoms with E-state index >= 15 is 0 Å². The molecule has 0 aromatic heterocycles. The molecule has 262 valence electrons. The first-order valence-electron chi connectivity index (χ1n) is 17.5. The van der Waals surface area contributed by atoms with Gasteiger partial charge in [-0.25, -0.2) is 0 Å². The molecule has 3 fully saturated rings. The summed E-state index contributed by atoms with van der Waals surface area (Å²) in [5.74, 6) is -2.24. The minimum Gasteiger partial charge on any atom is -0.387 e. The van der Waals surface area contributed by atoms with Crippen molar-refractivity contribution in [3.05, 3.63) is 34.9 Å². The van der Waals surface area contributed by atoms with E-state index in [4.69, 9.17) is 16.4 Å². The Balaban J connectivity index is 1.38. The molecule has 5 rings (SSSR count). The molecule has 1 saturated heterocycles. The monoisotopic (exact) mass is 683 g/mol. The van der Waals surface area contributed by atoms with Crippen LogP contribution in [0.25, 0.3) is 0 Å². The standard InChI is InChI=1S/C36H50ClN5O6/c1-5-10-26(30(44)33(46)38-25-15-16-25)39-32(45)28-20-36(19-27(41-48-36)23-13-9-14-24(37)18-23)21-42(28)34(47)31(35(2,3)4)40-29(43)17-22-11-7-6-8-12-22/h9,13-14,18,22,25-26,28,31H,5-8,10-12,15-17,19-21H2,1-4H3,(H,38,46)(H,39,45)(H,40,43)/t26-,28-,31+,36+/m0/s1. The van der Waals surface area contributed by atoms with Crippen LogP contribution >= 0.6 is 11.6 Å². The second-order valence-corrected chi connectivity index (χ2v) is 15.7. The quantitative estimate of drug-likeness (QED) is 0.278. The lowest BCUT2D eigenvalue weighted by Gasteiger charge is -2.36. The third-order valence-electron chi connectivity index (χ3n) is 9.95. The Morgan fingerprint density at radius 1 is 1.06 bits per heavy atom. The summed E-state index contributed by atoms with van der Waals surface area (Å²) < 4.78 is 0. The summed E-state index contributed by atoms with van der Waals surface area (Å²) in [5, 5.41) is 13.5. The summed E-state index contributed by atoms with van der Waals surface area (Å²) >= 11 is 6.25. The number of hydrogen-bond donors (Lipinski definition) is 3. The average Bonchev–Trinajstić information content (AvgIpc) is 3.63. The second kappa shape index (κ2) is 15.0. The first kappa shape index (κ1) is 35.8. The first-order chi connectivity index (χ1) is 22.8. The van der Waals surface area contributed by atoms with Crippen LogP contribution in [0.1, 0.15) is 110 Å². The zero-order valence-electron chi connectivity index (χ0n) is 28.6. The minimum absolute atomic E-state index is 0.00177. The van der Waals surface area contributed by atoms with Crippen LogP contribution in [-0.4, -0.2) is 76.3 Å². The van der Waals surface area contributed by atoms with Gasteiger partial charge in [-0.2, -0.15) is 0 Å². The van der Waals surface area contributed by atoms with Gasteiger partial charge in [0.15, 0.2) is 5.60 Å². The van der Waals surface area contributed by atoms with Crippen molar-refractivity contribution < 1.29 is 28.8 Å². The van der Waals surface area contributed by atoms with Crippen molar-refractivity contribution in [2.75, 3.05) is 6.54 Å². The molecule has 2 aliphatic carbocycles. The molecule has 2 saturated carbocycles. The molecule has 0 unspecified atom stereocenters. The normalized spacial score (nSPS) is 24.0. The first-order valence-corrected chi connectivity index (χ1v) is 17.9. The maximum absolute atomic E-state index is 14.5. The summed E-state index contributed by atoms with van der Waals surface area (Å²) in [4.78, 5) is 75.3. The fraction of sp³-hybridized carbons (Fsp3) is 0.667. The van der Waals surface area contributed by atoms with Gasteiger partial charge in [-0.3, -0.25) is 24.0 Å². The molecule has 0 radical (unpaired) electrons. The topological polar surface area (TPSA) is 146 Å². The van der Waals surface area contributed by atoms with Crippen molar-refractivity contribution in [1.82, 2.24) is 20.9 Å². The Labute approximate surface area is 288 Å². The third-order valence-corrected chi connectivity index (χ3v) is 10.2. The highest BCUT2D eigenvalue weighted by Crippen LogP contribution is 2.40. The molecule has 2 heterocycles. The lowest BCUT2D eigenvalue weighted by molar-refractivity contribution is -0.145. The van der Waals surface area contributed by atoms with Crippen LogP contribution in [0.3, 0.4) is 0 Å². The maximum Gasteiger partial charge on any atom is 0.289 e. The van der Waals surface area contributed by atoms with Crippen LogP contribution < -0.4 is 16.0 Å². The molecule has 1 aromatic rings. The second-order valence-electron chi connectivity index (χ2n) is 15.2. The van der Waals surface area contributed by atoms with E-state index in [9.17, 15) is 24.0 Å². The molecule has 11 nitrogen and oxygen atoms in total. The summed E-state index contributed by atoms with van der Waals surface area (Å²) in [6, 6.07) is 4.28. The lowest BCUT2D eigenvalue weighted by atomic mass is 9.84. The van der Waals surface area contributed by atoms with Gasteiger partial charge in [0, 0.05) is 35.9 Å². The van der Waals surface area contributed by atoms with Gasteiger partial charge in [-0.05, 0) is 55.6 Å². The van der Waals surface area contributed by atoms with Gasteiger partial charge in [0.05, 0.1) is 18.3 Å². The van der Waals surface area contributed by atoms with E-state index in [1.807, 2.05) is 39.8 Å². The van der Waals surface area contributed by atoms with Crippen molar-refractivity contribution in [2.24, 2.45) is 16.5 Å². The van der Waals surface area contributed by atoms with E-state index in [2.05, 4.69) is 21.1 Å². The smallest absolute Gasteiger partial charge is 0.289 e. The Kier molecular flexibility index (Phi) is 11.2. The maximum atomic E-state index is 14.5. The third kappa shape index (κ3) is 8.76. The number of benzene rings is 1. The summed E-state index contributed by atoms with van der Waals surface area (Å²) in [5.41, 5.74) is -0.244. The van der Waals surface area contributed by atoms with Crippen LogP contribution in [0, 0.1) is 11.3 Å². The fourth-order valence-corrected chi connectivity index (χ4v) is 7.30. The molecular formula is C36H50ClN5O6. The molecule has 4 amide bonds. The predicted molar refractivity (Wildman–Crippen MR) is 182 cm³/mol. The number of halogens is 1. The van der Waals surface area contributed by atoms with E-state index in [1.54, 1.807) is 12.1 Å². The van der Waals surface area contributed by atoms with Crippen LogP contribution in [0.15, 0.2) is 29.4 Å². The number of rotatable bonds is 12. The zero-order chi connectivity index (χ0) is 34.6. The molecule has 1 aromatic carbocycles. The van der Waals surface area contributed by atoms with Crippen molar-refractivity contribution in [2.45, 2.75) is 135 Å². The summed E-state index contributed by atoms with van der Waals surface area (Å²) in [7, 11) is 0. The van der Waals surface area contributed by atoms with Crippen molar-refractivity contribution >= 4 is 46.7 Å². The number of oxime groups is 1. The Bertz CT molecular complexity index is 1430. The Morgan fingerprint density at radius 2 is 1.79 bits per heavy atom. The van der Waals surface area contributed by atoms with Gasteiger partial charge in [0.25, 0.3) is 5.91 Å². The number of nitrogens with one attached hydrogen (secondary N) is 3. The molecule has 3 N–H and O–H groups in total. The van der Waals surface area contributed by atoms with Crippen LogP contribution in [0.4, 0.5) is 0 Å². The number of likely N-dealkylation sites (tertiary alicyclic amines) is 1. The number of hydrogen-bond acceptors (Lipinski definition) is 7. The highest BCUT2D eigenvalue weighted by Gasteiger charge is 2.55. The van der Waals surface area contributed by atoms with Gasteiger partial charge in [0.1, 0.15) is 12.1 Å². The van der Waals surface area contributed by atoms with E-state index in [0.29, 0.717) is 35.9 Å². The van der Waals surface area contributed by atoms with Crippen LogP contribution in [-0.2, 0) is 28.8 Å². The van der Waals surface area contributed by atoms with Gasteiger partial charge in [-0.15, -0.1) is 0 Å². The Hall–Kier alpha value is -3.47. The summed E-state index contributed by atoms with van der Waals surface area (Å²) in [6.45, 7) is 7.59. The van der Waals surface area contributed by atoms with Gasteiger partial charge >= 0.3 is 0 Å². The van der Waals surface area contributed by atoms with E-state index in [0.717, 1.165) is 44.1 Å². The van der Waals surface area contributed by atoms with Crippen LogP contribution in [0.5, 0.6) is 0 Å². The van der Waals surface area contributed by atoms with Gasteiger partial charge < -0.3 is 25.7 Å². The van der Waals surface area contributed by atoms with Crippen molar-refractivity contribution in [3.63, 3.8) is 0 Å². The molecular weight excluding hydrogens is 634 g/mol. The molecule has 4 atom stereocenters. The number of carbonyl (C=O) groups is 5. The molecule has 1 spiro atoms. The van der Waals surface area contributed by atoms with Crippen LogP contribution in [0.2, 0.25) is 5.02 Å². The van der Waals surface area contributed by atoms with Gasteiger partial charge in [-0.1, -0.05) is 82.3 Å². The largest absolute Gasteiger partial charge is 0.387 e. The highest BCUT2D eigenvalue weighted by atomic mass is 35.5. The molecule has 2 aliphatic heterocycles. The number of amides is 4. The van der Waals surface area contributed by atoms with E-state index in [-0.39, 0.29) is 31.3 Å². The lowest BCUT2D eigenvalue weighted by Crippen LogP contribution is -2.59. The molecule has 0 bridgehead atoms. The van der Waals surface area contributed by atoms with E-state index < -0.39 is 52.6 Å². The predicted octanol–water partition coefficient (Wildman–Crippen LogP) is 4.44. The van der Waals surface area contributed by atoms with E-state index in [1.165, 1.54) is 11.3 Å². The molecule has 12 heteroatoms. The highest BCUT2D eigenvalue weighted by molar-refractivity contribution is 6.38. The average molecular weight is 684 g/mol. The SMILES string of the molecule is CCC[C@H](NC(=O)[C@@H]1C[C@]2(CC(c3cccc(Cl)c3)=NO2)CN1C(=O)[C@@H](NC(=O)CC1CCCCC1)C(C)(C)C)C(=O)C(=O)NC1CC1. The fourth-order valence-electron chi connectivity index (χ4n) is 7.11. The number of Topliss-reactive ketones (excluding diaryl/α,β-unsaturated/α-hetero) is 1. The number of ketones is 1. The Morgan fingerprint density at radius 3 is 2.44 bits per heavy atom. The van der Waals surface area contributed by atoms with Crippen molar-refractivity contribution in [3.8, 4) is 0 Å². The zero-order valence-corrected chi connectivity index (χ0v) is 29.4. The van der Waals surface area contributed by atoms with Crippen molar-refractivity contribution in [1.29, 1.82) is 0 Å². The number of nitrogens with zero attached hydrogens (tertiary/aromatic N) is 2. The van der Waals surface area contributed by atoms with Gasteiger partial charge in [0.2, 0.25) is 23.5 Å². The minimum atomic E-state index is -1.04. The number of carbonyl (C=O) groups excluding carboxylic acids is 5. The molecule has 48 heavy (non-hydrogen) atoms. The summed E-state index contributed by atoms with van der Waals surface area (Å²) in [6.07, 6.45) is 8.69.